The second-order valence-electron chi connectivity index (χ2n) is 4.96. The lowest BCUT2D eigenvalue weighted by atomic mass is 9.93. The van der Waals surface area contributed by atoms with Crippen LogP contribution >= 0.6 is 0 Å². The largest absolute Gasteiger partial charge is 0.329 e. The van der Waals surface area contributed by atoms with Crippen molar-refractivity contribution in [2.75, 3.05) is 20.1 Å². The van der Waals surface area contributed by atoms with E-state index < -0.39 is 0 Å². The fourth-order valence-electron chi connectivity index (χ4n) is 2.19. The summed E-state index contributed by atoms with van der Waals surface area (Å²) in [6.45, 7) is 6.60. The average molecular weight is 198 g/mol. The van der Waals surface area contributed by atoms with Crippen LogP contribution in [-0.2, 0) is 0 Å². The van der Waals surface area contributed by atoms with Gasteiger partial charge in [-0.15, -0.1) is 0 Å². The Kier molecular flexibility index (Phi) is 4.39. The van der Waals surface area contributed by atoms with Crippen LogP contribution in [-0.4, -0.2) is 30.6 Å². The highest BCUT2D eigenvalue weighted by Crippen LogP contribution is 2.42. The third-order valence-electron chi connectivity index (χ3n) is 3.84. The zero-order valence-electron chi connectivity index (χ0n) is 10.1. The minimum atomic E-state index is 0.272. The molecule has 1 saturated carbocycles. The second-order valence-corrected chi connectivity index (χ2v) is 4.96. The average Bonchev–Trinajstić information content (AvgIpc) is 3.00. The molecule has 1 aliphatic rings. The van der Waals surface area contributed by atoms with Gasteiger partial charge in [-0.05, 0) is 45.7 Å². The van der Waals surface area contributed by atoms with Crippen LogP contribution in [0.25, 0.3) is 0 Å². The molecule has 0 amide bonds. The predicted molar refractivity (Wildman–Crippen MR) is 62.3 cm³/mol. The number of hydrogen-bond acceptors (Lipinski definition) is 2. The van der Waals surface area contributed by atoms with Crippen LogP contribution in [0.5, 0.6) is 0 Å². The van der Waals surface area contributed by atoms with E-state index in [4.69, 9.17) is 5.73 Å². The lowest BCUT2D eigenvalue weighted by molar-refractivity contribution is 0.118. The van der Waals surface area contributed by atoms with Gasteiger partial charge in [0, 0.05) is 12.1 Å². The summed E-state index contributed by atoms with van der Waals surface area (Å²) in [5.41, 5.74) is 6.18. The maximum absolute atomic E-state index is 5.91. The Hall–Kier alpha value is -0.0800. The Labute approximate surface area is 88.8 Å². The van der Waals surface area contributed by atoms with Gasteiger partial charge in [-0.3, -0.25) is 4.90 Å². The van der Waals surface area contributed by atoms with E-state index >= 15 is 0 Å². The number of likely N-dealkylation sites (N-methyl/N-ethyl adjacent to an activating group) is 1. The molecular weight excluding hydrogens is 172 g/mol. The van der Waals surface area contributed by atoms with Crippen molar-refractivity contribution in [1.29, 1.82) is 0 Å². The van der Waals surface area contributed by atoms with Crippen LogP contribution in [0.15, 0.2) is 0 Å². The molecule has 0 radical (unpaired) electrons. The fraction of sp³-hybridized carbons (Fsp3) is 1.00. The molecule has 0 spiro atoms. The molecule has 14 heavy (non-hydrogen) atoms. The molecule has 1 aliphatic carbocycles. The third-order valence-corrected chi connectivity index (χ3v) is 3.84. The van der Waals surface area contributed by atoms with E-state index in [1.807, 2.05) is 0 Å². The molecule has 1 atom stereocenters. The number of unbranched alkanes of at least 4 members (excludes halogenated alkanes) is 2. The summed E-state index contributed by atoms with van der Waals surface area (Å²) >= 11 is 0. The summed E-state index contributed by atoms with van der Waals surface area (Å²) in [7, 11) is 2.24. The minimum Gasteiger partial charge on any atom is -0.329 e. The molecule has 0 aromatic heterocycles. The number of nitrogens with zero attached hydrogens (tertiary/aromatic N) is 1. The van der Waals surface area contributed by atoms with Gasteiger partial charge in [0.15, 0.2) is 0 Å². The SMILES string of the molecule is CCCCCN(C)C(C)(CN)C1CC1. The molecule has 0 aromatic carbocycles. The summed E-state index contributed by atoms with van der Waals surface area (Å²) in [4.78, 5) is 2.49. The van der Waals surface area contributed by atoms with E-state index in [-0.39, 0.29) is 5.54 Å². The quantitative estimate of drug-likeness (QED) is 0.636. The van der Waals surface area contributed by atoms with E-state index in [1.165, 1.54) is 38.6 Å². The molecule has 0 aliphatic heterocycles. The maximum Gasteiger partial charge on any atom is 0.0328 e. The van der Waals surface area contributed by atoms with Gasteiger partial charge in [-0.2, -0.15) is 0 Å². The van der Waals surface area contributed by atoms with Crippen molar-refractivity contribution in [1.82, 2.24) is 4.90 Å². The van der Waals surface area contributed by atoms with Crippen molar-refractivity contribution in [3.05, 3.63) is 0 Å². The first-order chi connectivity index (χ1) is 6.65. The van der Waals surface area contributed by atoms with Crippen LogP contribution in [0.2, 0.25) is 0 Å². The van der Waals surface area contributed by atoms with E-state index in [0.717, 1.165) is 12.5 Å². The molecule has 2 N–H and O–H groups in total. The van der Waals surface area contributed by atoms with Gasteiger partial charge in [0.2, 0.25) is 0 Å². The van der Waals surface area contributed by atoms with Crippen LogP contribution in [0, 0.1) is 5.92 Å². The van der Waals surface area contributed by atoms with Gasteiger partial charge in [-0.1, -0.05) is 19.8 Å². The molecule has 0 saturated heterocycles. The van der Waals surface area contributed by atoms with Crippen LogP contribution < -0.4 is 5.73 Å². The van der Waals surface area contributed by atoms with Gasteiger partial charge in [0.25, 0.3) is 0 Å². The smallest absolute Gasteiger partial charge is 0.0328 e. The molecule has 1 fully saturated rings. The van der Waals surface area contributed by atoms with Crippen molar-refractivity contribution in [3.8, 4) is 0 Å². The Bertz CT molecular complexity index is 166. The Morgan fingerprint density at radius 3 is 2.43 bits per heavy atom. The highest BCUT2D eigenvalue weighted by molar-refractivity contribution is 4.99. The summed E-state index contributed by atoms with van der Waals surface area (Å²) in [6.07, 6.45) is 6.72. The van der Waals surface area contributed by atoms with Crippen molar-refractivity contribution < 1.29 is 0 Å². The van der Waals surface area contributed by atoms with Crippen molar-refractivity contribution in [2.24, 2.45) is 11.7 Å². The number of hydrogen-bond donors (Lipinski definition) is 1. The standard InChI is InChI=1S/C12H26N2/c1-4-5-6-9-14(3)12(2,10-13)11-7-8-11/h11H,4-10,13H2,1-3H3. The van der Waals surface area contributed by atoms with E-state index in [9.17, 15) is 0 Å². The maximum atomic E-state index is 5.91. The second kappa shape index (κ2) is 5.13. The van der Waals surface area contributed by atoms with Gasteiger partial charge in [-0.25, -0.2) is 0 Å². The Morgan fingerprint density at radius 2 is 2.00 bits per heavy atom. The summed E-state index contributed by atoms with van der Waals surface area (Å²) in [5, 5.41) is 0. The molecule has 0 heterocycles. The first-order valence-electron chi connectivity index (χ1n) is 6.06. The van der Waals surface area contributed by atoms with Gasteiger partial charge >= 0.3 is 0 Å². The Balaban J connectivity index is 2.35. The van der Waals surface area contributed by atoms with E-state index in [0.29, 0.717) is 0 Å². The molecule has 1 rings (SSSR count). The topological polar surface area (TPSA) is 29.3 Å². The normalized spacial score (nSPS) is 21.2. The Morgan fingerprint density at radius 1 is 1.36 bits per heavy atom. The predicted octanol–water partition coefficient (Wildman–Crippen LogP) is 2.24. The van der Waals surface area contributed by atoms with E-state index in [1.54, 1.807) is 0 Å². The number of nitrogens with two attached hydrogens (primary N) is 1. The molecule has 0 bridgehead atoms. The zero-order valence-corrected chi connectivity index (χ0v) is 10.1. The first-order valence-corrected chi connectivity index (χ1v) is 6.06. The molecule has 2 heteroatoms. The fourth-order valence-corrected chi connectivity index (χ4v) is 2.19. The van der Waals surface area contributed by atoms with Gasteiger partial charge in [0.05, 0.1) is 0 Å². The molecule has 0 aromatic rings. The lowest BCUT2D eigenvalue weighted by Gasteiger charge is -2.38. The molecule has 84 valence electrons. The van der Waals surface area contributed by atoms with Crippen LogP contribution in [0.4, 0.5) is 0 Å². The third kappa shape index (κ3) is 2.71. The van der Waals surface area contributed by atoms with Crippen molar-refractivity contribution >= 4 is 0 Å². The minimum absolute atomic E-state index is 0.272. The number of rotatable bonds is 7. The highest BCUT2D eigenvalue weighted by Gasteiger charge is 2.42. The van der Waals surface area contributed by atoms with Crippen molar-refractivity contribution in [2.45, 2.75) is 51.5 Å². The monoisotopic (exact) mass is 198 g/mol. The molecular formula is C12H26N2. The summed E-state index contributed by atoms with van der Waals surface area (Å²) in [6, 6.07) is 0. The molecule has 1 unspecified atom stereocenters. The summed E-state index contributed by atoms with van der Waals surface area (Å²) < 4.78 is 0. The van der Waals surface area contributed by atoms with Gasteiger partial charge in [0.1, 0.15) is 0 Å². The molecule has 2 nitrogen and oxygen atoms in total. The lowest BCUT2D eigenvalue weighted by Crippen LogP contribution is -2.51. The first kappa shape index (κ1) is 12.0. The van der Waals surface area contributed by atoms with E-state index in [2.05, 4.69) is 25.8 Å². The van der Waals surface area contributed by atoms with Crippen LogP contribution in [0.3, 0.4) is 0 Å². The van der Waals surface area contributed by atoms with Crippen LogP contribution in [0.1, 0.15) is 46.0 Å². The zero-order chi connectivity index (χ0) is 10.6. The summed E-state index contributed by atoms with van der Waals surface area (Å²) in [5.74, 6) is 0.860. The van der Waals surface area contributed by atoms with Gasteiger partial charge < -0.3 is 5.73 Å². The van der Waals surface area contributed by atoms with Crippen molar-refractivity contribution in [3.63, 3.8) is 0 Å². The highest BCUT2D eigenvalue weighted by atomic mass is 15.2.